The molecule has 0 bridgehead atoms. The third-order valence-electron chi connectivity index (χ3n) is 2.60. The van der Waals surface area contributed by atoms with Gasteiger partial charge in [0.15, 0.2) is 0 Å². The Hall–Kier alpha value is -2.08. The van der Waals surface area contributed by atoms with Crippen LogP contribution in [0.15, 0.2) is 46.5 Å². The van der Waals surface area contributed by atoms with Gasteiger partial charge in [-0.25, -0.2) is 0 Å². The van der Waals surface area contributed by atoms with E-state index >= 15 is 0 Å². The molecule has 0 saturated heterocycles. The normalized spacial score (nSPS) is 18.9. The third kappa shape index (κ3) is 4.21. The fourth-order valence-corrected chi connectivity index (χ4v) is 2.80. The lowest BCUT2D eigenvalue weighted by molar-refractivity contribution is 0.215. The van der Waals surface area contributed by atoms with Gasteiger partial charge in [0.05, 0.1) is 5.57 Å². The Labute approximate surface area is 134 Å². The van der Waals surface area contributed by atoms with Crippen molar-refractivity contribution >= 4 is 33.5 Å². The lowest BCUT2D eigenvalue weighted by atomic mass is 10.1. The predicted octanol–water partition coefficient (Wildman–Crippen LogP) is 2.40. The molecule has 0 radical (unpaired) electrons. The molecule has 0 aromatic heterocycles. The summed E-state index contributed by atoms with van der Waals surface area (Å²) in [6.07, 6.45) is 3.56. The van der Waals surface area contributed by atoms with Gasteiger partial charge < -0.3 is 14.1 Å². The van der Waals surface area contributed by atoms with Crippen LogP contribution in [0, 0.1) is 11.3 Å². The second kappa shape index (κ2) is 7.79. The smallest absolute Gasteiger partial charge is 0.150 e. The number of benzene rings is 1. The zero-order valence-electron chi connectivity index (χ0n) is 11.5. The first kappa shape index (κ1) is 16.3. The zero-order valence-corrected chi connectivity index (χ0v) is 13.1. The highest BCUT2D eigenvalue weighted by Crippen LogP contribution is 2.34. The van der Waals surface area contributed by atoms with E-state index in [0.717, 1.165) is 4.91 Å². The maximum atomic E-state index is 10.4. The van der Waals surface area contributed by atoms with E-state index in [-0.39, 0.29) is 0 Å². The molecule has 1 heterocycles. The maximum absolute atomic E-state index is 10.4. The molecule has 114 valence electrons. The van der Waals surface area contributed by atoms with Gasteiger partial charge in [-0.2, -0.15) is 5.26 Å². The number of nitriles is 1. The molecular formula is C14H11N2O4S2-. The number of oxime groups is 1. The Bertz CT molecular complexity index is 703. The summed E-state index contributed by atoms with van der Waals surface area (Å²) >= 11 is -0.922. The number of nitrogens with zero attached hydrogens (tertiary/aromatic N) is 2. The Balaban J connectivity index is 2.19. The molecule has 6 nitrogen and oxygen atoms in total. The van der Waals surface area contributed by atoms with E-state index in [1.807, 2.05) is 0 Å². The van der Waals surface area contributed by atoms with Crippen molar-refractivity contribution in [1.29, 1.82) is 5.26 Å². The molecule has 8 heteroatoms. The second-order valence-corrected chi connectivity index (χ2v) is 5.89. The molecule has 1 aromatic carbocycles. The maximum Gasteiger partial charge on any atom is 0.150 e. The van der Waals surface area contributed by atoms with Gasteiger partial charge >= 0.3 is 0 Å². The molecular weight excluding hydrogens is 324 g/mol. The van der Waals surface area contributed by atoms with Gasteiger partial charge in [0.25, 0.3) is 0 Å². The molecule has 1 aromatic rings. The fourth-order valence-electron chi connectivity index (χ4n) is 1.70. The number of allylic oxidation sites excluding steroid dienone is 2. The van der Waals surface area contributed by atoms with Crippen LogP contribution in [-0.2, 0) is 15.9 Å². The van der Waals surface area contributed by atoms with Gasteiger partial charge in [-0.15, -0.1) is 0 Å². The van der Waals surface area contributed by atoms with Crippen molar-refractivity contribution in [3.8, 4) is 11.8 Å². The summed E-state index contributed by atoms with van der Waals surface area (Å²) < 4.78 is 25.9. The molecule has 2 rings (SSSR count). The third-order valence-corrected chi connectivity index (χ3v) is 3.89. The number of hydrogen-bond acceptors (Lipinski definition) is 7. The van der Waals surface area contributed by atoms with Crippen molar-refractivity contribution in [3.63, 3.8) is 0 Å². The molecule has 1 aliphatic heterocycles. The minimum absolute atomic E-state index is 0.402. The van der Waals surface area contributed by atoms with Crippen molar-refractivity contribution in [2.45, 2.75) is 0 Å². The highest BCUT2D eigenvalue weighted by atomic mass is 32.2. The first-order valence-corrected chi connectivity index (χ1v) is 8.10. The van der Waals surface area contributed by atoms with Crippen molar-refractivity contribution in [3.05, 3.63) is 46.9 Å². The van der Waals surface area contributed by atoms with Gasteiger partial charge in [0.1, 0.15) is 29.9 Å². The standard InChI is InChI=1S/C14H12N2O4S2/c1-19-16-14-7-6-13(21-14)12(8-15)10-2-4-11(5-3-10)20-9-22(17)18/h2-7H,9H2,1H3,(H,17,18)/p-1/b13-12+,16-14?. The lowest BCUT2D eigenvalue weighted by Crippen LogP contribution is -2.03. The molecule has 0 N–H and O–H groups in total. The van der Waals surface area contributed by atoms with Crippen LogP contribution in [-0.4, -0.2) is 26.9 Å². The highest BCUT2D eigenvalue weighted by molar-refractivity contribution is 8.18. The number of hydrogen-bond donors (Lipinski definition) is 0. The van der Waals surface area contributed by atoms with Crippen LogP contribution in [0.2, 0.25) is 0 Å². The second-order valence-electron chi connectivity index (χ2n) is 3.99. The van der Waals surface area contributed by atoms with Crippen LogP contribution in [0.25, 0.3) is 5.57 Å². The number of thioether (sulfide) groups is 1. The molecule has 0 fully saturated rings. The first-order chi connectivity index (χ1) is 10.6. The summed E-state index contributed by atoms with van der Waals surface area (Å²) in [5.41, 5.74) is 1.21. The largest absolute Gasteiger partial charge is 0.770 e. The summed E-state index contributed by atoms with van der Waals surface area (Å²) in [4.78, 5) is 5.47. The van der Waals surface area contributed by atoms with Gasteiger partial charge in [-0.3, -0.25) is 4.21 Å². The molecule has 0 spiro atoms. The van der Waals surface area contributed by atoms with Crippen LogP contribution in [0.4, 0.5) is 0 Å². The van der Waals surface area contributed by atoms with E-state index in [1.165, 1.54) is 18.9 Å². The van der Waals surface area contributed by atoms with Crippen molar-refractivity contribution < 1.29 is 18.3 Å². The van der Waals surface area contributed by atoms with E-state index < -0.39 is 17.0 Å². The van der Waals surface area contributed by atoms with E-state index in [2.05, 4.69) is 11.2 Å². The summed E-state index contributed by atoms with van der Waals surface area (Å²) in [5, 5.41) is 13.8. The molecule has 0 amide bonds. The molecule has 0 aliphatic carbocycles. The summed E-state index contributed by atoms with van der Waals surface area (Å²) in [6, 6.07) is 8.81. The van der Waals surface area contributed by atoms with E-state index in [4.69, 9.17) is 9.57 Å². The van der Waals surface area contributed by atoms with Crippen molar-refractivity contribution in [2.24, 2.45) is 5.16 Å². The Morgan fingerprint density at radius 3 is 2.73 bits per heavy atom. The van der Waals surface area contributed by atoms with Gasteiger partial charge in [-0.05, 0) is 53.1 Å². The van der Waals surface area contributed by atoms with Crippen molar-refractivity contribution in [2.75, 3.05) is 13.0 Å². The lowest BCUT2D eigenvalue weighted by Gasteiger charge is -2.09. The SMILES string of the molecule is CON=C1C=C/C(=C(/C#N)c2ccc(OCS(=O)[O-])cc2)S1. The Kier molecular flexibility index (Phi) is 5.77. The van der Waals surface area contributed by atoms with Gasteiger partial charge in [0, 0.05) is 4.91 Å². The summed E-state index contributed by atoms with van der Waals surface area (Å²) in [5.74, 6) is 0.0209. The van der Waals surface area contributed by atoms with Crippen LogP contribution < -0.4 is 4.74 Å². The monoisotopic (exact) mass is 335 g/mol. The predicted molar refractivity (Wildman–Crippen MR) is 84.6 cm³/mol. The minimum atomic E-state index is -2.26. The topological polar surface area (TPSA) is 94.7 Å². The van der Waals surface area contributed by atoms with Crippen molar-refractivity contribution in [1.82, 2.24) is 0 Å². The summed E-state index contributed by atoms with van der Waals surface area (Å²) in [6.45, 7) is 0. The molecule has 22 heavy (non-hydrogen) atoms. The van der Waals surface area contributed by atoms with Crippen LogP contribution in [0.1, 0.15) is 5.56 Å². The molecule has 0 saturated carbocycles. The van der Waals surface area contributed by atoms with Crippen LogP contribution >= 0.6 is 11.8 Å². The Morgan fingerprint density at radius 1 is 1.41 bits per heavy atom. The molecule has 1 atom stereocenters. The van der Waals surface area contributed by atoms with E-state index in [9.17, 15) is 14.0 Å². The fraction of sp³-hybridized carbons (Fsp3) is 0.143. The van der Waals surface area contributed by atoms with E-state index in [0.29, 0.717) is 21.9 Å². The Morgan fingerprint density at radius 2 is 2.14 bits per heavy atom. The average molecular weight is 335 g/mol. The quantitative estimate of drug-likeness (QED) is 0.466. The first-order valence-electron chi connectivity index (χ1n) is 6.04. The van der Waals surface area contributed by atoms with Gasteiger partial charge in [-0.1, -0.05) is 16.9 Å². The zero-order chi connectivity index (χ0) is 15.9. The van der Waals surface area contributed by atoms with Gasteiger partial charge in [0.2, 0.25) is 0 Å². The van der Waals surface area contributed by atoms with Crippen LogP contribution in [0.3, 0.4) is 0 Å². The molecule has 1 aliphatic rings. The number of ether oxygens (including phenoxy) is 1. The minimum Gasteiger partial charge on any atom is -0.770 e. The average Bonchev–Trinajstić information content (AvgIpc) is 2.96. The van der Waals surface area contributed by atoms with Crippen LogP contribution in [0.5, 0.6) is 5.75 Å². The summed E-state index contributed by atoms with van der Waals surface area (Å²) in [7, 11) is 1.46. The highest BCUT2D eigenvalue weighted by Gasteiger charge is 2.15. The van der Waals surface area contributed by atoms with E-state index in [1.54, 1.807) is 36.4 Å². The number of rotatable bonds is 5. The molecule has 1 unspecified atom stereocenters.